The second-order valence-corrected chi connectivity index (χ2v) is 2.68. The number of nitrogens with zero attached hydrogens (tertiary/aromatic N) is 3. The minimum Gasteiger partial charge on any atom is -0.347 e. The van der Waals surface area contributed by atoms with E-state index in [9.17, 15) is 13.2 Å². The van der Waals surface area contributed by atoms with Gasteiger partial charge in [-0.15, -0.1) is 0 Å². The van der Waals surface area contributed by atoms with Crippen LogP contribution in [0.25, 0.3) is 0 Å². The van der Waals surface area contributed by atoms with Crippen molar-refractivity contribution in [2.45, 2.75) is 6.18 Å². The highest BCUT2D eigenvalue weighted by Gasteiger charge is 2.35. The van der Waals surface area contributed by atoms with E-state index in [1.165, 1.54) is 0 Å². The molecule has 1 rings (SSSR count). The van der Waals surface area contributed by atoms with Crippen LogP contribution in [-0.2, 0) is 6.18 Å². The summed E-state index contributed by atoms with van der Waals surface area (Å²) in [5, 5.41) is 10.5. The molecular formula is C5H3F3N4S. The van der Waals surface area contributed by atoms with Crippen molar-refractivity contribution in [3.05, 3.63) is 5.82 Å². The monoisotopic (exact) mass is 208 g/mol. The molecule has 0 bridgehead atoms. The fraction of sp³-hybridized carbons (Fsp3) is 0.400. The lowest BCUT2D eigenvalue weighted by molar-refractivity contribution is -0.144. The van der Waals surface area contributed by atoms with Gasteiger partial charge in [0.15, 0.2) is 0 Å². The third-order valence-electron chi connectivity index (χ3n) is 0.998. The maximum absolute atomic E-state index is 11.9. The van der Waals surface area contributed by atoms with Crippen LogP contribution >= 0.6 is 11.5 Å². The van der Waals surface area contributed by atoms with Crippen molar-refractivity contribution in [3.8, 4) is 6.07 Å². The minimum atomic E-state index is -4.52. The number of hydrogen-bond donors (Lipinski definition) is 1. The Labute approximate surface area is 75.2 Å². The van der Waals surface area contributed by atoms with Gasteiger partial charge >= 0.3 is 6.18 Å². The van der Waals surface area contributed by atoms with E-state index >= 15 is 0 Å². The van der Waals surface area contributed by atoms with Crippen LogP contribution in [0.1, 0.15) is 5.82 Å². The number of anilines is 1. The summed E-state index contributed by atoms with van der Waals surface area (Å²) in [7, 11) is 0. The largest absolute Gasteiger partial charge is 0.452 e. The van der Waals surface area contributed by atoms with E-state index in [1.807, 2.05) is 0 Å². The van der Waals surface area contributed by atoms with Crippen molar-refractivity contribution in [3.63, 3.8) is 0 Å². The highest BCUT2D eigenvalue weighted by molar-refractivity contribution is 7.09. The summed E-state index contributed by atoms with van der Waals surface area (Å²) in [5.74, 6) is -1.18. The fourth-order valence-electron chi connectivity index (χ4n) is 0.526. The second kappa shape index (κ2) is 3.57. The maximum atomic E-state index is 11.9. The molecule has 0 amide bonds. The van der Waals surface area contributed by atoms with Crippen LogP contribution in [0.2, 0.25) is 0 Å². The molecule has 0 aliphatic carbocycles. The zero-order valence-corrected chi connectivity index (χ0v) is 6.91. The average Bonchev–Trinajstić information content (AvgIpc) is 2.47. The molecule has 1 heterocycles. The smallest absolute Gasteiger partial charge is 0.347 e. The van der Waals surface area contributed by atoms with Crippen LogP contribution in [0.15, 0.2) is 0 Å². The number of nitrogens with one attached hydrogen (secondary N) is 1. The quantitative estimate of drug-likeness (QED) is 0.748. The van der Waals surface area contributed by atoms with E-state index in [0.29, 0.717) is 11.5 Å². The molecule has 0 radical (unpaired) electrons. The Kier molecular flexibility index (Phi) is 2.67. The summed E-state index contributed by atoms with van der Waals surface area (Å²) in [4.78, 5) is 3.14. The second-order valence-electron chi connectivity index (χ2n) is 1.93. The molecule has 4 nitrogen and oxygen atoms in total. The van der Waals surface area contributed by atoms with Gasteiger partial charge in [-0.25, -0.2) is 0 Å². The van der Waals surface area contributed by atoms with Gasteiger partial charge < -0.3 is 5.32 Å². The first-order valence-corrected chi connectivity index (χ1v) is 3.83. The van der Waals surface area contributed by atoms with Crippen molar-refractivity contribution in [1.29, 1.82) is 5.26 Å². The highest BCUT2D eigenvalue weighted by atomic mass is 32.1. The van der Waals surface area contributed by atoms with E-state index < -0.39 is 12.0 Å². The van der Waals surface area contributed by atoms with Gasteiger partial charge in [0.25, 0.3) is 0 Å². The zero-order valence-electron chi connectivity index (χ0n) is 6.09. The summed E-state index contributed by atoms with van der Waals surface area (Å²) >= 11 is 0.573. The van der Waals surface area contributed by atoms with Gasteiger partial charge in [0, 0.05) is 11.5 Å². The molecule has 0 atom stereocenters. The Hall–Kier alpha value is -1.36. The number of rotatable bonds is 2. The first-order valence-electron chi connectivity index (χ1n) is 3.06. The molecule has 0 aliphatic rings. The summed E-state index contributed by atoms with van der Waals surface area (Å²) in [5.41, 5.74) is 0. The van der Waals surface area contributed by atoms with Gasteiger partial charge in [0.1, 0.15) is 6.54 Å². The summed E-state index contributed by atoms with van der Waals surface area (Å²) in [6.07, 6.45) is -4.52. The normalized spacial score (nSPS) is 10.9. The molecule has 0 saturated carbocycles. The van der Waals surface area contributed by atoms with Crippen molar-refractivity contribution < 1.29 is 13.2 Å². The number of nitriles is 1. The van der Waals surface area contributed by atoms with Crippen molar-refractivity contribution in [2.24, 2.45) is 0 Å². The van der Waals surface area contributed by atoms with Gasteiger partial charge in [0.2, 0.25) is 11.0 Å². The summed E-state index contributed by atoms with van der Waals surface area (Å²) in [6.45, 7) is -0.0908. The third-order valence-corrected chi connectivity index (χ3v) is 1.67. The Balaban J connectivity index is 2.71. The molecule has 13 heavy (non-hydrogen) atoms. The van der Waals surface area contributed by atoms with Gasteiger partial charge in [-0.2, -0.15) is 27.8 Å². The number of hydrogen-bond acceptors (Lipinski definition) is 5. The Morgan fingerprint density at radius 3 is 2.69 bits per heavy atom. The zero-order chi connectivity index (χ0) is 9.90. The maximum Gasteiger partial charge on any atom is 0.452 e. The molecule has 70 valence electrons. The van der Waals surface area contributed by atoms with E-state index in [2.05, 4.69) is 14.7 Å². The molecule has 1 N–H and O–H groups in total. The van der Waals surface area contributed by atoms with Crippen LogP contribution in [-0.4, -0.2) is 15.9 Å². The molecule has 8 heteroatoms. The van der Waals surface area contributed by atoms with E-state index in [0.717, 1.165) is 0 Å². The molecule has 0 aromatic carbocycles. The lowest BCUT2D eigenvalue weighted by atomic mass is 10.6. The first kappa shape index (κ1) is 9.73. The van der Waals surface area contributed by atoms with E-state index in [4.69, 9.17) is 5.26 Å². The molecule has 0 fully saturated rings. The molecule has 0 aliphatic heterocycles. The number of halogens is 3. The molecule has 1 aromatic heterocycles. The summed E-state index contributed by atoms with van der Waals surface area (Å²) < 4.78 is 38.8. The van der Waals surface area contributed by atoms with Crippen molar-refractivity contribution in [1.82, 2.24) is 9.36 Å². The minimum absolute atomic E-state index is 0.00567. The molecular weight excluding hydrogens is 205 g/mol. The van der Waals surface area contributed by atoms with E-state index in [1.54, 1.807) is 6.07 Å². The SMILES string of the molecule is N#CCNc1nc(C(F)(F)F)ns1. The molecule has 0 spiro atoms. The third kappa shape index (κ3) is 2.55. The van der Waals surface area contributed by atoms with Gasteiger partial charge in [0.05, 0.1) is 6.07 Å². The number of alkyl halides is 3. The van der Waals surface area contributed by atoms with Gasteiger partial charge in [-0.1, -0.05) is 0 Å². The van der Waals surface area contributed by atoms with Crippen LogP contribution in [0.5, 0.6) is 0 Å². The lowest BCUT2D eigenvalue weighted by Crippen LogP contribution is -2.07. The highest BCUT2D eigenvalue weighted by Crippen LogP contribution is 2.28. The predicted octanol–water partition coefficient (Wildman–Crippen LogP) is 1.49. The fourth-order valence-corrected chi connectivity index (χ4v) is 1.11. The Morgan fingerprint density at radius 1 is 1.54 bits per heavy atom. The van der Waals surface area contributed by atoms with E-state index in [-0.39, 0.29) is 11.7 Å². The van der Waals surface area contributed by atoms with Gasteiger partial charge in [-0.3, -0.25) is 0 Å². The molecule has 0 unspecified atom stereocenters. The van der Waals surface area contributed by atoms with Crippen molar-refractivity contribution >= 4 is 16.7 Å². The Morgan fingerprint density at radius 2 is 2.23 bits per heavy atom. The molecule has 1 aromatic rings. The topological polar surface area (TPSA) is 61.6 Å². The molecule has 0 saturated heterocycles. The van der Waals surface area contributed by atoms with Crippen LogP contribution < -0.4 is 5.32 Å². The summed E-state index contributed by atoms with van der Waals surface area (Å²) in [6, 6.07) is 1.71. The average molecular weight is 208 g/mol. The van der Waals surface area contributed by atoms with Crippen LogP contribution in [0, 0.1) is 11.3 Å². The predicted molar refractivity (Wildman–Crippen MR) is 39.0 cm³/mol. The Bertz CT molecular complexity index is 325. The van der Waals surface area contributed by atoms with Crippen molar-refractivity contribution in [2.75, 3.05) is 11.9 Å². The van der Waals surface area contributed by atoms with Crippen LogP contribution in [0.3, 0.4) is 0 Å². The standard InChI is InChI=1S/C5H3F3N4S/c6-5(7,8)3-11-4(13-12-3)10-2-1-9/h2H2,(H,10,11,12). The van der Waals surface area contributed by atoms with Crippen LogP contribution in [0.4, 0.5) is 18.3 Å². The number of aromatic nitrogens is 2. The first-order chi connectivity index (χ1) is 6.04. The van der Waals surface area contributed by atoms with Gasteiger partial charge in [-0.05, 0) is 0 Å². The lowest BCUT2D eigenvalue weighted by Gasteiger charge is -1.97.